The maximum atomic E-state index is 13.6. The number of halogens is 3. The minimum Gasteiger partial charge on any atom is -0.370 e. The average Bonchev–Trinajstić information content (AvgIpc) is 3.57. The number of rotatable bonds is 6. The minimum atomic E-state index is -4.29. The van der Waals surface area contributed by atoms with E-state index in [2.05, 4.69) is 42.3 Å². The first-order valence-corrected chi connectivity index (χ1v) is 14.8. The molecule has 4 aromatic rings. The van der Waals surface area contributed by atoms with Gasteiger partial charge in [0.25, 0.3) is 10.0 Å². The molecular formula is C27H26F3N9O2S. The predicted octanol–water partition coefficient (Wildman–Crippen LogP) is 3.73. The Morgan fingerprint density at radius 3 is 2.60 bits per heavy atom. The van der Waals surface area contributed by atoms with E-state index in [9.17, 15) is 21.6 Å². The van der Waals surface area contributed by atoms with Crippen LogP contribution in [-0.4, -0.2) is 66.9 Å². The number of nitrogens with one attached hydrogen (secondary N) is 1. The van der Waals surface area contributed by atoms with E-state index in [-0.39, 0.29) is 18.8 Å². The number of alkyl halides is 3. The highest BCUT2D eigenvalue weighted by Gasteiger charge is 2.42. The van der Waals surface area contributed by atoms with Gasteiger partial charge in [-0.05, 0) is 31.7 Å². The molecule has 1 saturated carbocycles. The predicted molar refractivity (Wildman–Crippen MR) is 148 cm³/mol. The Bertz CT molecular complexity index is 1790. The molecule has 4 aromatic heterocycles. The van der Waals surface area contributed by atoms with Gasteiger partial charge < -0.3 is 10.2 Å². The molecular weight excluding hydrogens is 571 g/mol. The van der Waals surface area contributed by atoms with Crippen LogP contribution in [0, 0.1) is 17.8 Å². The van der Waals surface area contributed by atoms with Gasteiger partial charge >= 0.3 is 6.18 Å². The Kier molecular flexibility index (Phi) is 7.09. The van der Waals surface area contributed by atoms with E-state index in [1.807, 2.05) is 0 Å². The maximum absolute atomic E-state index is 13.6. The second kappa shape index (κ2) is 10.8. The summed E-state index contributed by atoms with van der Waals surface area (Å²) in [6, 6.07) is 3.26. The van der Waals surface area contributed by atoms with Crippen LogP contribution in [0.1, 0.15) is 36.8 Å². The minimum absolute atomic E-state index is 0.0785. The van der Waals surface area contributed by atoms with E-state index in [1.54, 1.807) is 41.2 Å². The van der Waals surface area contributed by atoms with E-state index >= 15 is 0 Å². The zero-order valence-corrected chi connectivity index (χ0v) is 23.3. The lowest BCUT2D eigenvalue weighted by Gasteiger charge is -2.35. The molecule has 1 atom stereocenters. The summed E-state index contributed by atoms with van der Waals surface area (Å²) >= 11 is 0. The van der Waals surface area contributed by atoms with Crippen LogP contribution >= 0.6 is 0 Å². The summed E-state index contributed by atoms with van der Waals surface area (Å²) in [5.41, 5.74) is 2.10. The molecule has 1 aliphatic carbocycles. The van der Waals surface area contributed by atoms with E-state index < -0.39 is 27.4 Å². The van der Waals surface area contributed by atoms with Gasteiger partial charge in [-0.1, -0.05) is 11.8 Å². The van der Waals surface area contributed by atoms with Crippen LogP contribution in [-0.2, 0) is 17.1 Å². The van der Waals surface area contributed by atoms with Crippen molar-refractivity contribution >= 4 is 27.3 Å². The number of hydrogen-bond donors (Lipinski definition) is 1. The van der Waals surface area contributed by atoms with Crippen LogP contribution in [0.2, 0.25) is 0 Å². The summed E-state index contributed by atoms with van der Waals surface area (Å²) in [6.45, 7) is 0.267. The number of aromatic nitrogens is 7. The SMILES string of the molecule is Cn1cc(C#Cc2cnc(Nc3ccnc(-c4cnn(S(=O)(=O)C5CC5)c4)n3)cc2N2CCCC(C(F)(F)F)C2)cn1. The number of anilines is 3. The van der Waals surface area contributed by atoms with Crippen molar-refractivity contribution in [3.8, 4) is 23.2 Å². The van der Waals surface area contributed by atoms with Crippen molar-refractivity contribution in [2.45, 2.75) is 37.1 Å². The monoisotopic (exact) mass is 597 g/mol. The Labute approximate surface area is 239 Å². The summed E-state index contributed by atoms with van der Waals surface area (Å²) in [5.74, 6) is 5.57. The summed E-state index contributed by atoms with van der Waals surface area (Å²) in [5, 5.41) is 10.8. The standard InChI is InChI=1S/C27H26F3N9O2S/c1-37-15-18(12-33-37)4-5-19-13-32-25(11-23(19)38-10-2-3-21(17-38)27(28,29)30)35-24-8-9-31-26(36-24)20-14-34-39(16-20)42(40,41)22-6-7-22/h8-9,11-16,21-22H,2-3,6-7,10,17H2,1H3,(H,31,32,35,36). The van der Waals surface area contributed by atoms with Gasteiger partial charge in [-0.15, -0.1) is 0 Å². The fourth-order valence-corrected chi connectivity index (χ4v) is 6.21. The van der Waals surface area contributed by atoms with Gasteiger partial charge in [0, 0.05) is 44.8 Å². The van der Waals surface area contributed by atoms with Gasteiger partial charge in [0.2, 0.25) is 0 Å². The molecule has 2 aliphatic rings. The van der Waals surface area contributed by atoms with Crippen molar-refractivity contribution in [3.63, 3.8) is 0 Å². The topological polar surface area (TPSA) is 124 Å². The second-order valence-corrected chi connectivity index (χ2v) is 12.4. The zero-order valence-electron chi connectivity index (χ0n) is 22.5. The van der Waals surface area contributed by atoms with Gasteiger partial charge in [-0.3, -0.25) is 4.68 Å². The molecule has 2 fully saturated rings. The molecule has 11 nitrogen and oxygen atoms in total. The number of piperidine rings is 1. The van der Waals surface area contributed by atoms with Crippen molar-refractivity contribution in [1.29, 1.82) is 0 Å². The first-order chi connectivity index (χ1) is 20.1. The molecule has 6 rings (SSSR count). The molecule has 0 radical (unpaired) electrons. The number of hydrogen-bond acceptors (Lipinski definition) is 9. The molecule has 0 aromatic carbocycles. The van der Waals surface area contributed by atoms with Crippen LogP contribution in [0.3, 0.4) is 0 Å². The maximum Gasteiger partial charge on any atom is 0.393 e. The molecule has 42 heavy (non-hydrogen) atoms. The molecule has 0 amide bonds. The zero-order chi connectivity index (χ0) is 29.5. The lowest BCUT2D eigenvalue weighted by atomic mass is 9.96. The molecule has 15 heteroatoms. The summed E-state index contributed by atoms with van der Waals surface area (Å²) in [7, 11) is -1.76. The molecule has 1 unspecified atom stereocenters. The van der Waals surface area contributed by atoms with Gasteiger partial charge in [-0.2, -0.15) is 27.5 Å². The third kappa shape index (κ3) is 5.94. The fourth-order valence-electron chi connectivity index (χ4n) is 4.74. The lowest BCUT2D eigenvalue weighted by Crippen LogP contribution is -2.42. The highest BCUT2D eigenvalue weighted by Crippen LogP contribution is 2.36. The van der Waals surface area contributed by atoms with Crippen molar-refractivity contribution in [2.75, 3.05) is 23.3 Å². The summed E-state index contributed by atoms with van der Waals surface area (Å²) < 4.78 is 68.4. The van der Waals surface area contributed by atoms with Crippen LogP contribution in [0.4, 0.5) is 30.5 Å². The molecule has 1 saturated heterocycles. The quantitative estimate of drug-likeness (QED) is 0.331. The Balaban J connectivity index is 1.29. The molecule has 1 aliphatic heterocycles. The van der Waals surface area contributed by atoms with Crippen molar-refractivity contribution in [3.05, 3.63) is 60.4 Å². The molecule has 0 spiro atoms. The fraction of sp³-hybridized carbons (Fsp3) is 0.370. The summed E-state index contributed by atoms with van der Waals surface area (Å²) in [4.78, 5) is 14.8. The third-order valence-corrected chi connectivity index (χ3v) is 9.12. The van der Waals surface area contributed by atoms with Crippen LogP contribution in [0.5, 0.6) is 0 Å². The number of nitrogens with zero attached hydrogens (tertiary/aromatic N) is 8. The highest BCUT2D eigenvalue weighted by atomic mass is 32.2. The number of aryl methyl sites for hydroxylation is 1. The first kappa shape index (κ1) is 27.7. The lowest BCUT2D eigenvalue weighted by molar-refractivity contribution is -0.176. The number of pyridine rings is 1. The molecule has 5 heterocycles. The van der Waals surface area contributed by atoms with Crippen molar-refractivity contribution in [1.82, 2.24) is 33.9 Å². The van der Waals surface area contributed by atoms with Crippen molar-refractivity contribution in [2.24, 2.45) is 13.0 Å². The Hall–Kier alpha value is -4.45. The molecule has 1 N–H and O–H groups in total. The normalized spacial score (nSPS) is 17.5. The largest absolute Gasteiger partial charge is 0.393 e. The van der Waals surface area contributed by atoms with Crippen LogP contribution in [0.25, 0.3) is 11.4 Å². The van der Waals surface area contributed by atoms with Gasteiger partial charge in [0.15, 0.2) is 5.82 Å². The first-order valence-electron chi connectivity index (χ1n) is 13.3. The molecule has 0 bridgehead atoms. The average molecular weight is 598 g/mol. The van der Waals surface area contributed by atoms with Crippen LogP contribution < -0.4 is 10.2 Å². The van der Waals surface area contributed by atoms with E-state index in [4.69, 9.17) is 0 Å². The van der Waals surface area contributed by atoms with E-state index in [0.29, 0.717) is 59.8 Å². The van der Waals surface area contributed by atoms with Gasteiger partial charge in [0.05, 0.1) is 52.1 Å². The highest BCUT2D eigenvalue weighted by molar-refractivity contribution is 7.90. The Morgan fingerprint density at radius 1 is 1.02 bits per heavy atom. The van der Waals surface area contributed by atoms with Crippen molar-refractivity contribution < 1.29 is 21.6 Å². The van der Waals surface area contributed by atoms with Gasteiger partial charge in [0.1, 0.15) is 11.6 Å². The molecule has 218 valence electrons. The van der Waals surface area contributed by atoms with Gasteiger partial charge in [-0.25, -0.2) is 23.4 Å². The van der Waals surface area contributed by atoms with Crippen LogP contribution in [0.15, 0.2) is 49.3 Å². The van der Waals surface area contributed by atoms with E-state index in [0.717, 1.165) is 4.09 Å². The second-order valence-electron chi connectivity index (χ2n) is 10.3. The van der Waals surface area contributed by atoms with E-state index in [1.165, 1.54) is 24.8 Å². The smallest absolute Gasteiger partial charge is 0.370 e. The Morgan fingerprint density at radius 2 is 1.86 bits per heavy atom. The third-order valence-electron chi connectivity index (χ3n) is 7.09. The summed E-state index contributed by atoms with van der Waals surface area (Å²) in [6.07, 6.45) is 6.55.